The Bertz CT molecular complexity index is 547. The predicted octanol–water partition coefficient (Wildman–Crippen LogP) is 1.77. The minimum absolute atomic E-state index is 0.0641. The van der Waals surface area contributed by atoms with Crippen LogP contribution in [0.15, 0.2) is 18.2 Å². The van der Waals surface area contributed by atoms with Gasteiger partial charge in [-0.2, -0.15) is 0 Å². The molecule has 0 saturated carbocycles. The number of urea groups is 1. The van der Waals surface area contributed by atoms with Crippen LogP contribution in [-0.4, -0.2) is 50.0 Å². The molecular weight excluding hydrogens is 310 g/mol. The molecular formula is C14H18ClN3O4. The van der Waals surface area contributed by atoms with Crippen LogP contribution in [0.4, 0.5) is 16.2 Å². The first-order valence-corrected chi connectivity index (χ1v) is 7.33. The molecule has 0 atom stereocenters. The van der Waals surface area contributed by atoms with Gasteiger partial charge >= 0.3 is 12.0 Å². The van der Waals surface area contributed by atoms with Crippen LogP contribution < -0.4 is 15.5 Å². The molecule has 1 aromatic carbocycles. The number of rotatable bonds is 5. The molecule has 2 rings (SSSR count). The van der Waals surface area contributed by atoms with E-state index in [2.05, 4.69) is 15.5 Å². The average molecular weight is 328 g/mol. The van der Waals surface area contributed by atoms with Gasteiger partial charge in [-0.05, 0) is 18.2 Å². The van der Waals surface area contributed by atoms with Gasteiger partial charge in [-0.1, -0.05) is 11.6 Å². The molecule has 0 spiro atoms. The van der Waals surface area contributed by atoms with Gasteiger partial charge in [-0.15, -0.1) is 0 Å². The Morgan fingerprint density at radius 3 is 2.73 bits per heavy atom. The third-order valence-corrected chi connectivity index (χ3v) is 3.42. The summed E-state index contributed by atoms with van der Waals surface area (Å²) in [4.78, 5) is 24.4. The fourth-order valence-corrected chi connectivity index (χ4v) is 2.31. The van der Waals surface area contributed by atoms with Gasteiger partial charge in [0, 0.05) is 24.7 Å². The topological polar surface area (TPSA) is 90.9 Å². The number of carboxylic acid groups (broad SMARTS) is 1. The van der Waals surface area contributed by atoms with Gasteiger partial charge in [0.25, 0.3) is 0 Å². The number of halogens is 1. The second kappa shape index (κ2) is 7.86. The molecule has 0 unspecified atom stereocenters. The summed E-state index contributed by atoms with van der Waals surface area (Å²) in [6.45, 7) is 2.79. The Kier molecular flexibility index (Phi) is 5.85. The first-order chi connectivity index (χ1) is 10.6. The monoisotopic (exact) mass is 327 g/mol. The average Bonchev–Trinajstić information content (AvgIpc) is 2.48. The molecule has 0 bridgehead atoms. The molecule has 2 amide bonds. The molecule has 1 heterocycles. The van der Waals surface area contributed by atoms with Crippen molar-refractivity contribution in [3.63, 3.8) is 0 Å². The van der Waals surface area contributed by atoms with Crippen LogP contribution in [0.25, 0.3) is 0 Å². The van der Waals surface area contributed by atoms with Crippen LogP contribution in [0.3, 0.4) is 0 Å². The minimum Gasteiger partial charge on any atom is -0.481 e. The number of nitrogens with zero attached hydrogens (tertiary/aromatic N) is 1. The van der Waals surface area contributed by atoms with Crippen molar-refractivity contribution in [2.75, 3.05) is 43.1 Å². The summed E-state index contributed by atoms with van der Waals surface area (Å²) in [6, 6.07) is 4.82. The van der Waals surface area contributed by atoms with Gasteiger partial charge in [0.15, 0.2) is 0 Å². The van der Waals surface area contributed by atoms with E-state index < -0.39 is 12.0 Å². The van der Waals surface area contributed by atoms with Crippen LogP contribution in [0.5, 0.6) is 0 Å². The highest BCUT2D eigenvalue weighted by molar-refractivity contribution is 6.31. The number of nitrogens with one attached hydrogen (secondary N) is 2. The van der Waals surface area contributed by atoms with Gasteiger partial charge in [0.05, 0.1) is 31.0 Å². The molecule has 0 radical (unpaired) electrons. The third kappa shape index (κ3) is 4.78. The number of hydrogen-bond donors (Lipinski definition) is 3. The Morgan fingerprint density at radius 2 is 2.05 bits per heavy atom. The summed E-state index contributed by atoms with van der Waals surface area (Å²) in [5.74, 6) is -0.961. The molecule has 1 fully saturated rings. The summed E-state index contributed by atoms with van der Waals surface area (Å²) in [7, 11) is 0. The van der Waals surface area contributed by atoms with Crippen LogP contribution in [0.2, 0.25) is 5.02 Å². The van der Waals surface area contributed by atoms with Crippen molar-refractivity contribution in [1.29, 1.82) is 0 Å². The number of aliphatic carboxylic acids is 1. The fourth-order valence-electron chi connectivity index (χ4n) is 2.14. The van der Waals surface area contributed by atoms with Crippen molar-refractivity contribution in [2.24, 2.45) is 0 Å². The van der Waals surface area contributed by atoms with Crippen molar-refractivity contribution < 1.29 is 19.4 Å². The van der Waals surface area contributed by atoms with Crippen molar-refractivity contribution >= 4 is 35.0 Å². The third-order valence-electron chi connectivity index (χ3n) is 3.18. The molecule has 1 saturated heterocycles. The van der Waals surface area contributed by atoms with E-state index in [1.807, 2.05) is 6.07 Å². The molecule has 1 aromatic rings. The van der Waals surface area contributed by atoms with E-state index in [9.17, 15) is 9.59 Å². The maximum atomic E-state index is 11.8. The van der Waals surface area contributed by atoms with E-state index in [0.717, 1.165) is 18.8 Å². The number of hydrogen-bond acceptors (Lipinski definition) is 4. The highest BCUT2D eigenvalue weighted by Crippen LogP contribution is 2.29. The highest BCUT2D eigenvalue weighted by atomic mass is 35.5. The summed E-state index contributed by atoms with van der Waals surface area (Å²) in [6.07, 6.45) is -0.126. The van der Waals surface area contributed by atoms with E-state index in [4.69, 9.17) is 21.4 Å². The highest BCUT2D eigenvalue weighted by Gasteiger charge is 2.16. The molecule has 22 heavy (non-hydrogen) atoms. The number of carbonyl (C=O) groups is 2. The minimum atomic E-state index is -0.961. The van der Waals surface area contributed by atoms with Crippen molar-refractivity contribution in [1.82, 2.24) is 5.32 Å². The Morgan fingerprint density at radius 1 is 1.32 bits per heavy atom. The number of morpholine rings is 1. The van der Waals surface area contributed by atoms with Gasteiger partial charge in [0.2, 0.25) is 0 Å². The number of carboxylic acids is 1. The molecule has 1 aliphatic rings. The van der Waals surface area contributed by atoms with Gasteiger partial charge in [-0.3, -0.25) is 4.79 Å². The molecule has 8 heteroatoms. The lowest BCUT2D eigenvalue weighted by molar-refractivity contribution is -0.136. The molecule has 3 N–H and O–H groups in total. The van der Waals surface area contributed by atoms with E-state index in [0.29, 0.717) is 23.9 Å². The fraction of sp³-hybridized carbons (Fsp3) is 0.429. The smallest absolute Gasteiger partial charge is 0.319 e. The summed E-state index contributed by atoms with van der Waals surface area (Å²) >= 11 is 5.99. The summed E-state index contributed by atoms with van der Waals surface area (Å²) in [5.41, 5.74) is 1.45. The summed E-state index contributed by atoms with van der Waals surface area (Å²) < 4.78 is 5.32. The van der Waals surface area contributed by atoms with Gasteiger partial charge < -0.3 is 25.4 Å². The zero-order valence-corrected chi connectivity index (χ0v) is 12.7. The lowest BCUT2D eigenvalue weighted by Gasteiger charge is -2.30. The quantitative estimate of drug-likeness (QED) is 0.766. The standard InChI is InChI=1S/C14H18ClN3O4/c15-10-1-2-12(18-5-7-22-8-6-18)11(9-10)17-14(21)16-4-3-13(19)20/h1-2,9H,3-8H2,(H,19,20)(H2,16,17,21). The first-order valence-electron chi connectivity index (χ1n) is 6.95. The molecule has 1 aliphatic heterocycles. The second-order valence-corrected chi connectivity index (χ2v) is 5.22. The van der Waals surface area contributed by atoms with Crippen LogP contribution >= 0.6 is 11.6 Å². The maximum absolute atomic E-state index is 11.8. The predicted molar refractivity (Wildman–Crippen MR) is 83.8 cm³/mol. The van der Waals surface area contributed by atoms with E-state index in [-0.39, 0.29) is 13.0 Å². The molecule has 7 nitrogen and oxygen atoms in total. The largest absolute Gasteiger partial charge is 0.481 e. The Labute approximate surface area is 133 Å². The Hall–Kier alpha value is -1.99. The number of benzene rings is 1. The van der Waals surface area contributed by atoms with Crippen molar-refractivity contribution in [3.8, 4) is 0 Å². The second-order valence-electron chi connectivity index (χ2n) is 4.79. The zero-order chi connectivity index (χ0) is 15.9. The van der Waals surface area contributed by atoms with Crippen molar-refractivity contribution in [2.45, 2.75) is 6.42 Å². The normalized spacial score (nSPS) is 14.5. The number of amides is 2. The number of carbonyl (C=O) groups excluding carboxylic acids is 1. The van der Waals surface area contributed by atoms with Crippen LogP contribution in [-0.2, 0) is 9.53 Å². The maximum Gasteiger partial charge on any atom is 0.319 e. The van der Waals surface area contributed by atoms with Crippen LogP contribution in [0.1, 0.15) is 6.42 Å². The lowest BCUT2D eigenvalue weighted by atomic mass is 10.2. The van der Waals surface area contributed by atoms with Gasteiger partial charge in [-0.25, -0.2) is 4.79 Å². The first kappa shape index (κ1) is 16.4. The molecule has 120 valence electrons. The van der Waals surface area contributed by atoms with Crippen LogP contribution in [0, 0.1) is 0 Å². The zero-order valence-electron chi connectivity index (χ0n) is 12.0. The van der Waals surface area contributed by atoms with E-state index >= 15 is 0 Å². The number of anilines is 2. The van der Waals surface area contributed by atoms with E-state index in [1.54, 1.807) is 12.1 Å². The SMILES string of the molecule is O=C(O)CCNC(=O)Nc1cc(Cl)ccc1N1CCOCC1. The Balaban J connectivity index is 2.03. The van der Waals surface area contributed by atoms with Crippen molar-refractivity contribution in [3.05, 3.63) is 23.2 Å². The van der Waals surface area contributed by atoms with E-state index in [1.165, 1.54) is 0 Å². The summed E-state index contributed by atoms with van der Waals surface area (Å²) in [5, 5.41) is 14.3. The van der Waals surface area contributed by atoms with Gasteiger partial charge in [0.1, 0.15) is 0 Å². The lowest BCUT2D eigenvalue weighted by Crippen LogP contribution is -2.37. The molecule has 0 aliphatic carbocycles. The number of ether oxygens (including phenoxy) is 1. The molecule has 0 aromatic heterocycles.